The number of phenols is 1. The fourth-order valence-electron chi connectivity index (χ4n) is 5.01. The van der Waals surface area contributed by atoms with Gasteiger partial charge < -0.3 is 25.4 Å². The fourth-order valence-corrected chi connectivity index (χ4v) is 5.01. The van der Waals surface area contributed by atoms with Crippen molar-refractivity contribution in [3.05, 3.63) is 64.7 Å². The Kier molecular flexibility index (Phi) is 10.0. The van der Waals surface area contributed by atoms with Gasteiger partial charge in [0.2, 0.25) is 11.8 Å². The maximum absolute atomic E-state index is 14.0. The summed E-state index contributed by atoms with van der Waals surface area (Å²) in [6.45, 7) is 9.19. The summed E-state index contributed by atoms with van der Waals surface area (Å²) < 4.78 is 5.44. The lowest BCUT2D eigenvalue weighted by molar-refractivity contribution is -0.141. The maximum atomic E-state index is 14.0. The van der Waals surface area contributed by atoms with Gasteiger partial charge in [-0.25, -0.2) is 4.79 Å². The zero-order chi connectivity index (χ0) is 28.7. The number of carbonyl (C=O) groups is 3. The molecule has 0 radical (unpaired) electrons. The van der Waals surface area contributed by atoms with Crippen LogP contribution in [0.2, 0.25) is 0 Å². The number of aromatic hydroxyl groups is 1. The first-order valence-electron chi connectivity index (χ1n) is 13.8. The normalized spacial score (nSPS) is 15.6. The average molecular weight is 538 g/mol. The zero-order valence-corrected chi connectivity index (χ0v) is 24.0. The number of alkyl carbamates (subject to hydrolysis) is 1. The maximum Gasteiger partial charge on any atom is 0.408 e. The van der Waals surface area contributed by atoms with Crippen LogP contribution >= 0.6 is 0 Å². The van der Waals surface area contributed by atoms with Crippen LogP contribution in [0.25, 0.3) is 0 Å². The van der Waals surface area contributed by atoms with E-state index >= 15 is 0 Å². The van der Waals surface area contributed by atoms with Gasteiger partial charge in [-0.2, -0.15) is 0 Å². The zero-order valence-electron chi connectivity index (χ0n) is 24.0. The molecule has 212 valence electrons. The van der Waals surface area contributed by atoms with E-state index in [1.54, 1.807) is 40.0 Å². The molecule has 2 aromatic rings. The highest BCUT2D eigenvalue weighted by Crippen LogP contribution is 2.28. The fraction of sp³-hybridized carbons (Fsp3) is 0.516. The summed E-state index contributed by atoms with van der Waals surface area (Å²) in [6.07, 6.45) is 4.60. The SMILES string of the molecule is Cc1cccc(C(C(=O)NC2CCCCC2)N(C)C(=O)C(Cc2ccc(O)cc2)NC(=O)OC(C)(C)C)c1C. The molecule has 1 aliphatic rings. The van der Waals surface area contributed by atoms with Crippen LogP contribution in [0.15, 0.2) is 42.5 Å². The Morgan fingerprint density at radius 2 is 1.67 bits per heavy atom. The molecule has 39 heavy (non-hydrogen) atoms. The third-order valence-corrected chi connectivity index (χ3v) is 7.24. The number of nitrogens with zero attached hydrogens (tertiary/aromatic N) is 1. The van der Waals surface area contributed by atoms with E-state index in [2.05, 4.69) is 10.6 Å². The molecule has 1 saturated carbocycles. The number of ether oxygens (including phenoxy) is 1. The third kappa shape index (κ3) is 8.47. The lowest BCUT2D eigenvalue weighted by Crippen LogP contribution is -2.53. The number of hydrogen-bond acceptors (Lipinski definition) is 5. The molecular weight excluding hydrogens is 494 g/mol. The van der Waals surface area contributed by atoms with Gasteiger partial charge in [-0.3, -0.25) is 9.59 Å². The molecular formula is C31H43N3O5. The number of carbonyl (C=O) groups excluding carboxylic acids is 3. The number of rotatable bonds is 8. The van der Waals surface area contributed by atoms with E-state index in [0.717, 1.165) is 47.9 Å². The van der Waals surface area contributed by atoms with Crippen molar-refractivity contribution in [1.29, 1.82) is 0 Å². The van der Waals surface area contributed by atoms with E-state index < -0.39 is 29.7 Å². The Morgan fingerprint density at radius 3 is 2.28 bits per heavy atom. The second-order valence-electron chi connectivity index (χ2n) is 11.6. The van der Waals surface area contributed by atoms with Crippen molar-refractivity contribution in [2.24, 2.45) is 0 Å². The number of amides is 3. The number of hydrogen-bond donors (Lipinski definition) is 3. The van der Waals surface area contributed by atoms with Gasteiger partial charge in [-0.05, 0) is 81.8 Å². The quantitative estimate of drug-likeness (QED) is 0.435. The topological polar surface area (TPSA) is 108 Å². The van der Waals surface area contributed by atoms with Gasteiger partial charge in [0.15, 0.2) is 0 Å². The molecule has 3 amide bonds. The van der Waals surface area contributed by atoms with Crippen LogP contribution in [-0.2, 0) is 20.7 Å². The first kappa shape index (κ1) is 30.0. The van der Waals surface area contributed by atoms with Crippen LogP contribution in [0.3, 0.4) is 0 Å². The van der Waals surface area contributed by atoms with E-state index in [0.29, 0.717) is 0 Å². The van der Waals surface area contributed by atoms with Crippen molar-refractivity contribution < 1.29 is 24.2 Å². The van der Waals surface area contributed by atoms with Gasteiger partial charge >= 0.3 is 6.09 Å². The third-order valence-electron chi connectivity index (χ3n) is 7.24. The van der Waals surface area contributed by atoms with Gasteiger partial charge in [0, 0.05) is 19.5 Å². The molecule has 1 fully saturated rings. The number of nitrogens with one attached hydrogen (secondary N) is 2. The minimum Gasteiger partial charge on any atom is -0.508 e. The first-order valence-corrected chi connectivity index (χ1v) is 13.8. The smallest absolute Gasteiger partial charge is 0.408 e. The number of phenolic OH excluding ortho intramolecular Hbond substituents is 1. The molecule has 0 aromatic heterocycles. The lowest BCUT2D eigenvalue weighted by Gasteiger charge is -2.34. The summed E-state index contributed by atoms with van der Waals surface area (Å²) in [4.78, 5) is 42.0. The predicted octanol–water partition coefficient (Wildman–Crippen LogP) is 5.09. The van der Waals surface area contributed by atoms with Crippen LogP contribution in [0.5, 0.6) is 5.75 Å². The molecule has 8 nitrogen and oxygen atoms in total. The number of likely N-dealkylation sites (N-methyl/N-ethyl adjacent to an activating group) is 1. The summed E-state index contributed by atoms with van der Waals surface area (Å²) in [7, 11) is 1.61. The molecule has 0 saturated heterocycles. The van der Waals surface area contributed by atoms with Crippen molar-refractivity contribution in [1.82, 2.24) is 15.5 Å². The monoisotopic (exact) mass is 537 g/mol. The summed E-state index contributed by atoms with van der Waals surface area (Å²) in [5.41, 5.74) is 2.71. The highest BCUT2D eigenvalue weighted by atomic mass is 16.6. The van der Waals surface area contributed by atoms with Crippen LogP contribution < -0.4 is 10.6 Å². The number of aryl methyl sites for hydroxylation is 1. The summed E-state index contributed by atoms with van der Waals surface area (Å²) >= 11 is 0. The van der Waals surface area contributed by atoms with E-state index in [-0.39, 0.29) is 24.1 Å². The molecule has 8 heteroatoms. The van der Waals surface area contributed by atoms with Crippen molar-refractivity contribution in [3.63, 3.8) is 0 Å². The van der Waals surface area contributed by atoms with E-state index in [1.165, 1.54) is 23.5 Å². The summed E-state index contributed by atoms with van der Waals surface area (Å²) in [5.74, 6) is -0.543. The second kappa shape index (κ2) is 13.0. The molecule has 3 N–H and O–H groups in total. The number of benzene rings is 2. The van der Waals surface area contributed by atoms with Gasteiger partial charge in [-0.15, -0.1) is 0 Å². The molecule has 0 spiro atoms. The van der Waals surface area contributed by atoms with Gasteiger partial charge in [-0.1, -0.05) is 49.6 Å². The largest absolute Gasteiger partial charge is 0.508 e. The Morgan fingerprint density at radius 1 is 1.03 bits per heavy atom. The van der Waals surface area contributed by atoms with Crippen LogP contribution in [0.4, 0.5) is 4.79 Å². The Hall–Kier alpha value is -3.55. The van der Waals surface area contributed by atoms with Gasteiger partial charge in [0.05, 0.1) is 0 Å². The van der Waals surface area contributed by atoms with Crippen LogP contribution in [0, 0.1) is 13.8 Å². The first-order chi connectivity index (χ1) is 18.4. The van der Waals surface area contributed by atoms with E-state index in [9.17, 15) is 19.5 Å². The summed E-state index contributed by atoms with van der Waals surface area (Å²) in [5, 5.41) is 15.6. The van der Waals surface area contributed by atoms with Gasteiger partial charge in [0.25, 0.3) is 0 Å². The van der Waals surface area contributed by atoms with Crippen molar-refractivity contribution in [2.75, 3.05) is 7.05 Å². The standard InChI is InChI=1S/C31H43N3O5/c1-20-11-10-14-25(21(20)2)27(28(36)32-23-12-8-7-9-13-23)34(6)29(37)26(33-30(38)39-31(3,4)5)19-22-15-17-24(35)18-16-22/h10-11,14-18,23,26-27,35H,7-9,12-13,19H2,1-6H3,(H,32,36)(H,33,38). The molecule has 0 heterocycles. The van der Waals surface area contributed by atoms with E-state index in [1.807, 2.05) is 32.0 Å². The molecule has 2 atom stereocenters. The van der Waals surface area contributed by atoms with Crippen LogP contribution in [-0.4, -0.2) is 52.6 Å². The molecule has 3 rings (SSSR count). The predicted molar refractivity (Wildman–Crippen MR) is 151 cm³/mol. The van der Waals surface area contributed by atoms with E-state index in [4.69, 9.17) is 4.74 Å². The Bertz CT molecular complexity index is 1150. The average Bonchev–Trinajstić information content (AvgIpc) is 2.86. The molecule has 2 unspecified atom stereocenters. The highest BCUT2D eigenvalue weighted by molar-refractivity contribution is 5.92. The molecule has 0 bridgehead atoms. The highest BCUT2D eigenvalue weighted by Gasteiger charge is 2.36. The molecule has 0 aliphatic heterocycles. The van der Waals surface area contributed by atoms with Gasteiger partial charge in [0.1, 0.15) is 23.4 Å². The molecule has 2 aromatic carbocycles. The van der Waals surface area contributed by atoms with Crippen molar-refractivity contribution in [3.8, 4) is 5.75 Å². The van der Waals surface area contributed by atoms with Crippen molar-refractivity contribution in [2.45, 2.75) is 96.9 Å². The minimum absolute atomic E-state index is 0.0787. The van der Waals surface area contributed by atoms with Crippen LogP contribution in [0.1, 0.15) is 81.2 Å². The lowest BCUT2D eigenvalue weighted by atomic mass is 9.92. The minimum atomic E-state index is -0.996. The molecule has 1 aliphatic carbocycles. The Balaban J connectivity index is 1.94. The summed E-state index contributed by atoms with van der Waals surface area (Å²) in [6, 6.07) is 10.4. The second-order valence-corrected chi connectivity index (χ2v) is 11.6. The van der Waals surface area contributed by atoms with Crippen molar-refractivity contribution >= 4 is 17.9 Å². The Labute approximate surface area is 232 Å².